The number of amides is 1. The molecule has 0 aliphatic carbocycles. The van der Waals surface area contributed by atoms with Gasteiger partial charge in [0.2, 0.25) is 0 Å². The lowest BCUT2D eigenvalue weighted by atomic mass is 10.3. The van der Waals surface area contributed by atoms with Crippen LogP contribution in [0.3, 0.4) is 0 Å². The molecule has 0 aromatic carbocycles. The number of carbonyl (C=O) groups excluding carboxylic acids is 1. The third-order valence-corrected chi connectivity index (χ3v) is 3.26. The molecule has 1 N–H and O–H groups in total. The number of β-amino-alcohol motifs (C(OH)–C–C–N with tert-alkyl or cyclic N) is 1. The fraction of sp³-hybridized carbons (Fsp3) is 0.615. The Morgan fingerprint density at radius 1 is 1.53 bits per heavy atom. The van der Waals surface area contributed by atoms with E-state index >= 15 is 0 Å². The highest BCUT2D eigenvalue weighted by molar-refractivity contribution is 5.92. The number of aromatic nitrogens is 2. The van der Waals surface area contributed by atoms with Crippen molar-refractivity contribution in [1.82, 2.24) is 14.7 Å². The van der Waals surface area contributed by atoms with Crippen LogP contribution >= 0.6 is 0 Å². The van der Waals surface area contributed by atoms with Gasteiger partial charge >= 0.3 is 0 Å². The van der Waals surface area contributed by atoms with Crippen molar-refractivity contribution >= 4 is 5.91 Å². The van der Waals surface area contributed by atoms with E-state index in [0.717, 1.165) is 12.8 Å². The fourth-order valence-electron chi connectivity index (χ4n) is 2.12. The molecule has 1 aliphatic heterocycles. The second-order valence-corrected chi connectivity index (χ2v) is 4.83. The molecule has 1 fully saturated rings. The molecule has 104 valence electrons. The molecule has 2 rings (SSSR count). The first kappa shape index (κ1) is 13.7. The molecule has 6 heteroatoms. The number of aliphatic hydroxyl groups excluding tert-OH is 1. The molecular formula is C13H19N3O3. The maximum absolute atomic E-state index is 12.2. The van der Waals surface area contributed by atoms with Gasteiger partial charge in [0.1, 0.15) is 5.69 Å². The van der Waals surface area contributed by atoms with E-state index < -0.39 is 6.10 Å². The van der Waals surface area contributed by atoms with Crippen molar-refractivity contribution in [2.45, 2.75) is 38.8 Å². The first-order chi connectivity index (χ1) is 9.11. The summed E-state index contributed by atoms with van der Waals surface area (Å²) in [6.45, 7) is 3.44. The number of likely N-dealkylation sites (tertiary alicyclic amines) is 1. The zero-order valence-corrected chi connectivity index (χ0v) is 11.1. The van der Waals surface area contributed by atoms with E-state index in [9.17, 15) is 14.7 Å². The number of rotatable bonds is 4. The van der Waals surface area contributed by atoms with Gasteiger partial charge in [0.15, 0.2) is 0 Å². The Kier molecular flexibility index (Phi) is 4.31. The number of hydrogen-bond acceptors (Lipinski definition) is 4. The molecule has 0 unspecified atom stereocenters. The van der Waals surface area contributed by atoms with Crippen molar-refractivity contribution in [2.24, 2.45) is 0 Å². The topological polar surface area (TPSA) is 75.4 Å². The average Bonchev–Trinajstić information content (AvgIpc) is 2.83. The smallest absolute Gasteiger partial charge is 0.274 e. The summed E-state index contributed by atoms with van der Waals surface area (Å²) in [7, 11) is 0. The minimum absolute atomic E-state index is 0.188. The Hall–Kier alpha value is -1.69. The number of hydrogen-bond donors (Lipinski definition) is 1. The van der Waals surface area contributed by atoms with E-state index in [0.29, 0.717) is 26.1 Å². The van der Waals surface area contributed by atoms with Gasteiger partial charge in [-0.1, -0.05) is 13.3 Å². The quantitative estimate of drug-likeness (QED) is 0.846. The number of unbranched alkanes of at least 4 members (excludes halogenated alkanes) is 1. The van der Waals surface area contributed by atoms with E-state index in [1.807, 2.05) is 6.92 Å². The first-order valence-corrected chi connectivity index (χ1v) is 6.67. The van der Waals surface area contributed by atoms with Gasteiger partial charge in [-0.2, -0.15) is 5.10 Å². The van der Waals surface area contributed by atoms with Crippen LogP contribution in [0.1, 0.15) is 36.7 Å². The summed E-state index contributed by atoms with van der Waals surface area (Å²) in [6, 6.07) is 2.83. The third kappa shape index (κ3) is 3.20. The second-order valence-electron chi connectivity index (χ2n) is 4.83. The van der Waals surface area contributed by atoms with Crippen LogP contribution in [0.2, 0.25) is 0 Å². The lowest BCUT2D eigenvalue weighted by Gasteiger charge is -2.15. The monoisotopic (exact) mass is 265 g/mol. The first-order valence-electron chi connectivity index (χ1n) is 6.67. The van der Waals surface area contributed by atoms with Crippen LogP contribution in [0.4, 0.5) is 0 Å². The Bertz CT molecular complexity index is 512. The second kappa shape index (κ2) is 5.97. The average molecular weight is 265 g/mol. The summed E-state index contributed by atoms with van der Waals surface area (Å²) in [5, 5.41) is 13.6. The maximum Gasteiger partial charge on any atom is 0.274 e. The molecule has 1 saturated heterocycles. The zero-order chi connectivity index (χ0) is 13.8. The molecule has 0 spiro atoms. The highest BCUT2D eigenvalue weighted by Crippen LogP contribution is 2.11. The fourth-order valence-corrected chi connectivity index (χ4v) is 2.12. The van der Waals surface area contributed by atoms with Crippen molar-refractivity contribution in [1.29, 1.82) is 0 Å². The zero-order valence-electron chi connectivity index (χ0n) is 11.1. The van der Waals surface area contributed by atoms with Crippen LogP contribution in [0, 0.1) is 0 Å². The summed E-state index contributed by atoms with van der Waals surface area (Å²) in [5.41, 5.74) is 0.0799. The molecule has 1 aliphatic rings. The largest absolute Gasteiger partial charge is 0.391 e. The summed E-state index contributed by atoms with van der Waals surface area (Å²) in [6.07, 6.45) is 1.97. The van der Waals surface area contributed by atoms with Crippen LogP contribution in [-0.4, -0.2) is 44.9 Å². The highest BCUT2D eigenvalue weighted by atomic mass is 16.3. The van der Waals surface area contributed by atoms with Crippen molar-refractivity contribution in [3.05, 3.63) is 28.2 Å². The number of aliphatic hydroxyl groups is 1. The highest BCUT2D eigenvalue weighted by Gasteiger charge is 2.26. The van der Waals surface area contributed by atoms with E-state index in [1.165, 1.54) is 16.8 Å². The van der Waals surface area contributed by atoms with Crippen molar-refractivity contribution < 1.29 is 9.90 Å². The van der Waals surface area contributed by atoms with Gasteiger partial charge in [-0.15, -0.1) is 0 Å². The van der Waals surface area contributed by atoms with Crippen LogP contribution in [0.5, 0.6) is 0 Å². The van der Waals surface area contributed by atoms with E-state index in [-0.39, 0.29) is 17.2 Å². The number of aryl methyl sites for hydroxylation is 1. The molecule has 1 aromatic rings. The van der Waals surface area contributed by atoms with Crippen molar-refractivity contribution in [3.8, 4) is 0 Å². The Balaban J connectivity index is 2.15. The molecule has 6 nitrogen and oxygen atoms in total. The predicted molar refractivity (Wildman–Crippen MR) is 69.9 cm³/mol. The minimum atomic E-state index is -0.449. The van der Waals surface area contributed by atoms with Gasteiger partial charge in [0.05, 0.1) is 6.10 Å². The van der Waals surface area contributed by atoms with Gasteiger partial charge in [-0.05, 0) is 18.9 Å². The summed E-state index contributed by atoms with van der Waals surface area (Å²) >= 11 is 0. The normalized spacial score (nSPS) is 18.8. The van der Waals surface area contributed by atoms with Crippen molar-refractivity contribution in [3.63, 3.8) is 0 Å². The maximum atomic E-state index is 12.2. The summed E-state index contributed by atoms with van der Waals surface area (Å²) in [4.78, 5) is 25.3. The van der Waals surface area contributed by atoms with Crippen LogP contribution in [-0.2, 0) is 6.54 Å². The van der Waals surface area contributed by atoms with Gasteiger partial charge < -0.3 is 10.0 Å². The Morgan fingerprint density at radius 2 is 2.32 bits per heavy atom. The van der Waals surface area contributed by atoms with Crippen molar-refractivity contribution in [2.75, 3.05) is 13.1 Å². The Morgan fingerprint density at radius 3 is 2.95 bits per heavy atom. The standard InChI is InChI=1S/C13H19N3O3/c1-2-3-7-16-12(18)5-4-11(14-16)13(19)15-8-6-10(17)9-15/h4-5,10,17H,2-3,6-9H2,1H3/t10-/m1/s1. The van der Waals surface area contributed by atoms with E-state index in [2.05, 4.69) is 5.10 Å². The third-order valence-electron chi connectivity index (χ3n) is 3.26. The van der Waals surface area contributed by atoms with Crippen LogP contribution < -0.4 is 5.56 Å². The summed E-state index contributed by atoms with van der Waals surface area (Å²) < 4.78 is 1.34. The van der Waals surface area contributed by atoms with Gasteiger partial charge in [0, 0.05) is 25.7 Å². The SMILES string of the molecule is CCCCn1nc(C(=O)N2CC[C@@H](O)C2)ccc1=O. The van der Waals surface area contributed by atoms with Crippen LogP contribution in [0.15, 0.2) is 16.9 Å². The van der Waals surface area contributed by atoms with E-state index in [4.69, 9.17) is 0 Å². The number of nitrogens with zero attached hydrogens (tertiary/aromatic N) is 3. The number of carbonyl (C=O) groups is 1. The molecule has 1 amide bonds. The molecule has 0 saturated carbocycles. The van der Waals surface area contributed by atoms with Gasteiger partial charge in [0.25, 0.3) is 11.5 Å². The van der Waals surface area contributed by atoms with Crippen LogP contribution in [0.25, 0.3) is 0 Å². The summed E-state index contributed by atoms with van der Waals surface area (Å²) in [5.74, 6) is -0.221. The molecule has 19 heavy (non-hydrogen) atoms. The predicted octanol–water partition coefficient (Wildman–Crippen LogP) is 0.250. The minimum Gasteiger partial charge on any atom is -0.391 e. The van der Waals surface area contributed by atoms with Gasteiger partial charge in [-0.25, -0.2) is 4.68 Å². The molecule has 0 radical (unpaired) electrons. The molecule has 1 aromatic heterocycles. The van der Waals surface area contributed by atoms with Gasteiger partial charge in [-0.3, -0.25) is 9.59 Å². The Labute approximate surface area is 111 Å². The molecular weight excluding hydrogens is 246 g/mol. The van der Waals surface area contributed by atoms with E-state index in [1.54, 1.807) is 4.90 Å². The molecule has 2 heterocycles. The molecule has 0 bridgehead atoms. The lowest BCUT2D eigenvalue weighted by Crippen LogP contribution is -2.33. The lowest BCUT2D eigenvalue weighted by molar-refractivity contribution is 0.0756. The molecule has 1 atom stereocenters.